The molecule has 0 rings (SSSR count). The Morgan fingerprint density at radius 2 is 2.00 bits per heavy atom. The van der Waals surface area contributed by atoms with Crippen LogP contribution in [0.3, 0.4) is 0 Å². The molecule has 0 radical (unpaired) electrons. The molecule has 0 fully saturated rings. The van der Waals surface area contributed by atoms with Gasteiger partial charge in [-0.25, -0.2) is 0 Å². The van der Waals surface area contributed by atoms with Crippen LogP contribution in [0, 0.1) is 0 Å². The summed E-state index contributed by atoms with van der Waals surface area (Å²) in [4.78, 5) is 0. The van der Waals surface area contributed by atoms with Crippen LogP contribution >= 0.6 is 0 Å². The molecule has 0 aromatic heterocycles. The second-order valence-corrected chi connectivity index (χ2v) is 1.90. The first-order chi connectivity index (χ1) is 2.00. The summed E-state index contributed by atoms with van der Waals surface area (Å²) in [7, 11) is 0. The van der Waals surface area contributed by atoms with Crippen molar-refractivity contribution in [1.82, 2.24) is 0 Å². The Morgan fingerprint density at radius 3 is 2.00 bits per heavy atom. The van der Waals surface area contributed by atoms with E-state index in [1.807, 2.05) is 0 Å². The number of hydrogen-bond donors (Lipinski definition) is 2. The summed E-state index contributed by atoms with van der Waals surface area (Å²) in [6.07, 6.45) is 0. The van der Waals surface area contributed by atoms with Gasteiger partial charge in [-0.05, 0) is 0 Å². The molecule has 1 unspecified atom stereocenters. The molecule has 0 saturated carbocycles. The summed E-state index contributed by atoms with van der Waals surface area (Å²) in [5.41, 5.74) is 4.72. The molecule has 3 N–H and O–H groups in total. The van der Waals surface area contributed by atoms with E-state index < -0.39 is 4.62 Å². The molecular formula is C2H6CuNO. The van der Waals surface area contributed by atoms with Crippen molar-refractivity contribution in [1.29, 1.82) is 0 Å². The van der Waals surface area contributed by atoms with Crippen LogP contribution in [0.5, 0.6) is 0 Å². The van der Waals surface area contributed by atoms with E-state index in [-0.39, 0.29) is 0 Å². The molecule has 0 aromatic carbocycles. The maximum absolute atomic E-state index is 8.10. The van der Waals surface area contributed by atoms with E-state index in [4.69, 9.17) is 10.8 Å². The van der Waals surface area contributed by atoms with Crippen LogP contribution < -0.4 is 5.73 Å². The molecule has 3 heteroatoms. The number of nitrogens with two attached hydrogens (primary N) is 1. The average molecular weight is 124 g/mol. The molecular weight excluding hydrogens is 118 g/mol. The van der Waals surface area contributed by atoms with Gasteiger partial charge in [-0.1, -0.05) is 0 Å². The third kappa shape index (κ3) is 137. The minimum absolute atomic E-state index is 1.33. The van der Waals surface area contributed by atoms with E-state index in [1.165, 1.54) is 6.92 Å². The SMILES string of the molecule is C[C](N)(O)[Cu]. The van der Waals surface area contributed by atoms with Crippen molar-refractivity contribution >= 4 is 0 Å². The molecule has 0 aliphatic heterocycles. The topological polar surface area (TPSA) is 46.2 Å². The fourth-order valence-electron chi connectivity index (χ4n) is 0. The van der Waals surface area contributed by atoms with Crippen LogP contribution in [0.1, 0.15) is 6.92 Å². The van der Waals surface area contributed by atoms with E-state index in [1.54, 1.807) is 0 Å². The van der Waals surface area contributed by atoms with E-state index >= 15 is 0 Å². The minimum atomic E-state index is -1.44. The molecule has 36 valence electrons. The zero-order valence-corrected chi connectivity index (χ0v) is 3.77. The van der Waals surface area contributed by atoms with Crippen molar-refractivity contribution < 1.29 is 21.1 Å². The van der Waals surface area contributed by atoms with Gasteiger partial charge in [0.2, 0.25) is 0 Å². The molecule has 0 spiro atoms. The van der Waals surface area contributed by atoms with Crippen molar-refractivity contribution in [2.75, 3.05) is 0 Å². The Hall–Kier alpha value is 0.439. The fourth-order valence-corrected chi connectivity index (χ4v) is 0. The van der Waals surface area contributed by atoms with Crippen molar-refractivity contribution in [2.45, 2.75) is 11.5 Å². The molecule has 1 atom stereocenters. The van der Waals surface area contributed by atoms with Crippen molar-refractivity contribution in [3.05, 3.63) is 0 Å². The average Bonchev–Trinajstić information content (AvgIpc) is 0.722. The van der Waals surface area contributed by atoms with Crippen molar-refractivity contribution in [2.24, 2.45) is 5.73 Å². The van der Waals surface area contributed by atoms with Crippen LogP contribution in [0.2, 0.25) is 0 Å². The third-order valence-corrected chi connectivity index (χ3v) is 0. The van der Waals surface area contributed by atoms with Crippen LogP contribution in [0.4, 0.5) is 0 Å². The van der Waals surface area contributed by atoms with E-state index in [9.17, 15) is 0 Å². The monoisotopic (exact) mass is 123 g/mol. The summed E-state index contributed by atoms with van der Waals surface area (Å²) >= 11 is 4.29. The van der Waals surface area contributed by atoms with E-state index in [2.05, 4.69) is 16.0 Å². The predicted octanol–water partition coefficient (Wildman–Crippen LogP) is -0.842. The summed E-state index contributed by atoms with van der Waals surface area (Å²) < 4.78 is -1.44. The predicted molar refractivity (Wildman–Crippen MR) is 14.8 cm³/mol. The van der Waals surface area contributed by atoms with Gasteiger partial charge in [-0.15, -0.1) is 0 Å². The van der Waals surface area contributed by atoms with Gasteiger partial charge in [0.15, 0.2) is 0 Å². The first-order valence-corrected chi connectivity index (χ1v) is 1.63. The molecule has 0 saturated heterocycles. The normalized spacial score (nSPS) is 21.8. The molecule has 0 bridgehead atoms. The van der Waals surface area contributed by atoms with Crippen LogP contribution in [0.15, 0.2) is 0 Å². The number of aliphatic hydroxyl groups is 1. The van der Waals surface area contributed by atoms with Crippen LogP contribution in [-0.4, -0.2) is 9.73 Å². The Bertz CT molecular complexity index is 25.1. The van der Waals surface area contributed by atoms with Gasteiger partial charge in [0.05, 0.1) is 0 Å². The Morgan fingerprint density at radius 1 is 2.00 bits per heavy atom. The fraction of sp³-hybridized carbons (Fsp3) is 1.00. The summed E-state index contributed by atoms with van der Waals surface area (Å²) in [5.74, 6) is 0. The quantitative estimate of drug-likeness (QED) is 0.326. The zero-order chi connectivity index (χ0) is 4.50. The van der Waals surface area contributed by atoms with E-state index in [0.717, 1.165) is 0 Å². The Labute approximate surface area is 39.2 Å². The van der Waals surface area contributed by atoms with Crippen LogP contribution in [-0.2, 0) is 16.0 Å². The Kier molecular flexibility index (Phi) is 1.38. The molecule has 0 aliphatic rings. The second-order valence-electron chi connectivity index (χ2n) is 0.947. The van der Waals surface area contributed by atoms with Gasteiger partial charge < -0.3 is 0 Å². The molecule has 0 aromatic rings. The molecule has 0 heterocycles. The number of rotatable bonds is 0. The van der Waals surface area contributed by atoms with Gasteiger partial charge in [-0.2, -0.15) is 0 Å². The Balaban J connectivity index is 3.02. The first-order valence-electron chi connectivity index (χ1n) is 1.16. The third-order valence-electron chi connectivity index (χ3n) is 0. The van der Waals surface area contributed by atoms with Gasteiger partial charge in [0.1, 0.15) is 0 Å². The summed E-state index contributed by atoms with van der Waals surface area (Å²) in [6.45, 7) is 1.33. The van der Waals surface area contributed by atoms with Gasteiger partial charge in [0.25, 0.3) is 0 Å². The summed E-state index contributed by atoms with van der Waals surface area (Å²) in [6, 6.07) is 0. The van der Waals surface area contributed by atoms with Gasteiger partial charge in [0, 0.05) is 0 Å². The van der Waals surface area contributed by atoms with Gasteiger partial charge >= 0.3 is 38.4 Å². The summed E-state index contributed by atoms with van der Waals surface area (Å²) in [5, 5.41) is 8.10. The molecule has 5 heavy (non-hydrogen) atoms. The second kappa shape index (κ2) is 1.27. The first kappa shape index (κ1) is 5.44. The van der Waals surface area contributed by atoms with Crippen molar-refractivity contribution in [3.63, 3.8) is 0 Å². The molecule has 0 aliphatic carbocycles. The zero-order valence-electron chi connectivity index (χ0n) is 2.83. The van der Waals surface area contributed by atoms with Gasteiger partial charge in [-0.3, -0.25) is 0 Å². The number of hydrogen-bond acceptors (Lipinski definition) is 2. The van der Waals surface area contributed by atoms with Crippen molar-refractivity contribution in [3.8, 4) is 0 Å². The molecule has 0 amide bonds. The standard InChI is InChI=1S/C2H6NO.Cu/c1-2(3)4;/h4H,3H2,1H3;. The van der Waals surface area contributed by atoms with E-state index in [0.29, 0.717) is 0 Å². The van der Waals surface area contributed by atoms with Crippen LogP contribution in [0.25, 0.3) is 0 Å². The maximum atomic E-state index is 8.10. The molecule has 2 nitrogen and oxygen atoms in total.